The molecule has 0 fully saturated rings. The highest BCUT2D eigenvalue weighted by atomic mass is 16.5. The highest BCUT2D eigenvalue weighted by Gasteiger charge is 2.20. The molecule has 29 heavy (non-hydrogen) atoms. The first-order chi connectivity index (χ1) is 14.1. The van der Waals surface area contributed by atoms with Crippen LogP contribution in [0.2, 0.25) is 0 Å². The lowest BCUT2D eigenvalue weighted by molar-refractivity contribution is 0.402. The third-order valence-corrected chi connectivity index (χ3v) is 5.55. The molecule has 0 atom stereocenters. The van der Waals surface area contributed by atoms with E-state index >= 15 is 0 Å². The Bertz CT molecular complexity index is 1020. The van der Waals surface area contributed by atoms with Crippen molar-refractivity contribution in [3.05, 3.63) is 84.2 Å². The van der Waals surface area contributed by atoms with Gasteiger partial charge in [-0.05, 0) is 11.1 Å². The van der Waals surface area contributed by atoms with Gasteiger partial charge in [0.1, 0.15) is 11.5 Å². The minimum Gasteiger partial charge on any atom is -0.495 e. The molecule has 4 nitrogen and oxygen atoms in total. The van der Waals surface area contributed by atoms with E-state index in [4.69, 9.17) is 9.47 Å². The fourth-order valence-electron chi connectivity index (χ4n) is 3.93. The van der Waals surface area contributed by atoms with Crippen LogP contribution in [0.15, 0.2) is 72.8 Å². The summed E-state index contributed by atoms with van der Waals surface area (Å²) in [6.45, 7) is 0. The van der Waals surface area contributed by atoms with Crippen LogP contribution in [0.1, 0.15) is 11.4 Å². The lowest BCUT2D eigenvalue weighted by atomic mass is 10.1. The molecule has 0 amide bonds. The molecule has 0 unspecified atom stereocenters. The minimum atomic E-state index is 0.707. The summed E-state index contributed by atoms with van der Waals surface area (Å²) in [5.74, 6) is 1.77. The Morgan fingerprint density at radius 3 is 1.34 bits per heavy atom. The highest BCUT2D eigenvalue weighted by molar-refractivity contribution is 5.66. The average molecular weight is 386 g/mol. The van der Waals surface area contributed by atoms with Crippen molar-refractivity contribution in [3.63, 3.8) is 0 Å². The maximum atomic E-state index is 5.73. The standard InChI is InChI=1S/C25H26N2O2/c1-26-20(18-11-7-5-8-12-18)16-24(28-3)22(26)15-23-25(29-4)17-21(27(23)2)19-13-9-6-10-14-19/h5-14,16-17H,15H2,1-4H3. The number of hydrogen-bond donors (Lipinski definition) is 0. The molecule has 0 aliphatic heterocycles. The predicted molar refractivity (Wildman–Crippen MR) is 118 cm³/mol. The Morgan fingerprint density at radius 2 is 1.00 bits per heavy atom. The van der Waals surface area contributed by atoms with Crippen molar-refractivity contribution >= 4 is 0 Å². The first-order valence-corrected chi connectivity index (χ1v) is 9.70. The number of nitrogens with zero attached hydrogens (tertiary/aromatic N) is 2. The number of methoxy groups -OCH3 is 2. The molecule has 0 bridgehead atoms. The second kappa shape index (κ2) is 7.92. The monoisotopic (exact) mass is 386 g/mol. The van der Waals surface area contributed by atoms with Gasteiger partial charge in [-0.15, -0.1) is 0 Å². The zero-order chi connectivity index (χ0) is 20.4. The SMILES string of the molecule is COc1cc(-c2ccccc2)n(C)c1Cc1c(OC)cc(-c2ccccc2)n1C. The van der Waals surface area contributed by atoms with Crippen LogP contribution in [0, 0.1) is 0 Å². The Kier molecular flexibility index (Phi) is 5.17. The van der Waals surface area contributed by atoms with Crippen molar-refractivity contribution in [2.45, 2.75) is 6.42 Å². The molecule has 0 saturated heterocycles. The Balaban J connectivity index is 1.79. The van der Waals surface area contributed by atoms with Gasteiger partial charge in [0.2, 0.25) is 0 Å². The van der Waals surface area contributed by atoms with Gasteiger partial charge in [-0.25, -0.2) is 0 Å². The quantitative estimate of drug-likeness (QED) is 0.449. The van der Waals surface area contributed by atoms with E-state index in [0.717, 1.165) is 34.3 Å². The van der Waals surface area contributed by atoms with Crippen molar-refractivity contribution in [1.29, 1.82) is 0 Å². The zero-order valence-corrected chi connectivity index (χ0v) is 17.3. The van der Waals surface area contributed by atoms with Crippen molar-refractivity contribution in [2.24, 2.45) is 14.1 Å². The normalized spacial score (nSPS) is 10.9. The van der Waals surface area contributed by atoms with E-state index in [2.05, 4.69) is 83.9 Å². The first-order valence-electron chi connectivity index (χ1n) is 9.70. The smallest absolute Gasteiger partial charge is 0.140 e. The summed E-state index contributed by atoms with van der Waals surface area (Å²) in [6.07, 6.45) is 0.707. The van der Waals surface area contributed by atoms with Gasteiger partial charge in [0.25, 0.3) is 0 Å². The van der Waals surface area contributed by atoms with Crippen LogP contribution in [0.3, 0.4) is 0 Å². The molecule has 4 rings (SSSR count). The van der Waals surface area contributed by atoms with Crippen LogP contribution < -0.4 is 9.47 Å². The highest BCUT2D eigenvalue weighted by Crippen LogP contribution is 2.36. The van der Waals surface area contributed by atoms with Gasteiger partial charge in [0, 0.05) is 32.6 Å². The van der Waals surface area contributed by atoms with Crippen molar-refractivity contribution < 1.29 is 9.47 Å². The summed E-state index contributed by atoms with van der Waals surface area (Å²) in [6, 6.07) is 25.0. The van der Waals surface area contributed by atoms with Gasteiger partial charge >= 0.3 is 0 Å². The predicted octanol–water partition coefficient (Wildman–Crippen LogP) is 5.31. The molecule has 4 aromatic rings. The van der Waals surface area contributed by atoms with E-state index in [1.54, 1.807) is 14.2 Å². The summed E-state index contributed by atoms with van der Waals surface area (Å²) in [4.78, 5) is 0. The molecule has 0 spiro atoms. The fraction of sp³-hybridized carbons (Fsp3) is 0.200. The number of hydrogen-bond acceptors (Lipinski definition) is 2. The molecule has 0 aliphatic rings. The van der Waals surface area contributed by atoms with Gasteiger partial charge in [0.05, 0.1) is 37.0 Å². The molecule has 0 saturated carbocycles. The molecule has 148 valence electrons. The largest absolute Gasteiger partial charge is 0.495 e. The van der Waals surface area contributed by atoms with E-state index in [9.17, 15) is 0 Å². The molecule has 2 aromatic carbocycles. The Labute approximate surface area is 171 Å². The lowest BCUT2D eigenvalue weighted by Crippen LogP contribution is -2.06. The van der Waals surface area contributed by atoms with Crippen molar-refractivity contribution in [3.8, 4) is 34.0 Å². The number of benzene rings is 2. The molecule has 2 heterocycles. The molecular weight excluding hydrogens is 360 g/mol. The summed E-state index contributed by atoms with van der Waals surface area (Å²) in [5, 5.41) is 0. The van der Waals surface area contributed by atoms with E-state index < -0.39 is 0 Å². The van der Waals surface area contributed by atoms with Crippen LogP contribution in [0.25, 0.3) is 22.5 Å². The van der Waals surface area contributed by atoms with Crippen LogP contribution >= 0.6 is 0 Å². The summed E-state index contributed by atoms with van der Waals surface area (Å²) in [5.41, 5.74) is 6.84. The van der Waals surface area contributed by atoms with Crippen LogP contribution in [-0.4, -0.2) is 23.4 Å². The number of rotatable bonds is 6. The van der Waals surface area contributed by atoms with E-state index in [1.165, 1.54) is 11.1 Å². The molecule has 2 aromatic heterocycles. The van der Waals surface area contributed by atoms with Gasteiger partial charge in [-0.1, -0.05) is 60.7 Å². The summed E-state index contributed by atoms with van der Waals surface area (Å²) >= 11 is 0. The van der Waals surface area contributed by atoms with Crippen molar-refractivity contribution in [2.75, 3.05) is 14.2 Å². The second-order valence-corrected chi connectivity index (χ2v) is 7.12. The topological polar surface area (TPSA) is 28.3 Å². The molecule has 4 heteroatoms. The summed E-state index contributed by atoms with van der Waals surface area (Å²) in [7, 11) is 7.64. The molecular formula is C25H26N2O2. The summed E-state index contributed by atoms with van der Waals surface area (Å²) < 4.78 is 15.9. The van der Waals surface area contributed by atoms with Gasteiger partial charge in [-0.3, -0.25) is 0 Å². The van der Waals surface area contributed by atoms with E-state index in [1.807, 2.05) is 12.1 Å². The lowest BCUT2D eigenvalue weighted by Gasteiger charge is -2.12. The molecule has 0 aliphatic carbocycles. The van der Waals surface area contributed by atoms with Gasteiger partial charge in [-0.2, -0.15) is 0 Å². The zero-order valence-electron chi connectivity index (χ0n) is 17.3. The van der Waals surface area contributed by atoms with Crippen LogP contribution in [0.5, 0.6) is 11.5 Å². The third kappa shape index (κ3) is 3.42. The molecule has 0 radical (unpaired) electrons. The average Bonchev–Trinajstić information content (AvgIpc) is 3.26. The van der Waals surface area contributed by atoms with Gasteiger partial charge < -0.3 is 18.6 Å². The Hall–Kier alpha value is -3.40. The number of ether oxygens (including phenoxy) is 2. The number of aromatic nitrogens is 2. The maximum Gasteiger partial charge on any atom is 0.140 e. The van der Waals surface area contributed by atoms with E-state index in [-0.39, 0.29) is 0 Å². The van der Waals surface area contributed by atoms with E-state index in [0.29, 0.717) is 6.42 Å². The first kappa shape index (κ1) is 18.9. The van der Waals surface area contributed by atoms with Crippen LogP contribution in [0.4, 0.5) is 0 Å². The fourth-order valence-corrected chi connectivity index (χ4v) is 3.93. The second-order valence-electron chi connectivity index (χ2n) is 7.12. The maximum absolute atomic E-state index is 5.73. The van der Waals surface area contributed by atoms with Gasteiger partial charge in [0.15, 0.2) is 0 Å². The van der Waals surface area contributed by atoms with Crippen molar-refractivity contribution in [1.82, 2.24) is 9.13 Å². The Morgan fingerprint density at radius 1 is 0.621 bits per heavy atom. The third-order valence-electron chi connectivity index (χ3n) is 5.55. The molecule has 0 N–H and O–H groups in total. The van der Waals surface area contributed by atoms with Crippen LogP contribution in [-0.2, 0) is 20.5 Å². The minimum absolute atomic E-state index is 0.707.